The molecule has 0 aliphatic carbocycles. The number of ether oxygens (including phenoxy) is 1. The highest BCUT2D eigenvalue weighted by Gasteiger charge is 2.29. The highest BCUT2D eigenvalue weighted by atomic mass is 35.5. The molecule has 0 aromatic heterocycles. The molecule has 0 bridgehead atoms. The zero-order chi connectivity index (χ0) is 10.7. The molecule has 78 valence electrons. The molecule has 1 heterocycles. The van der Waals surface area contributed by atoms with Crippen molar-refractivity contribution in [2.75, 3.05) is 0 Å². The smallest absolute Gasteiger partial charge is 0.321 e. The van der Waals surface area contributed by atoms with Gasteiger partial charge < -0.3 is 4.74 Å². The van der Waals surface area contributed by atoms with E-state index >= 15 is 0 Å². The van der Waals surface area contributed by atoms with Gasteiger partial charge in [0.25, 0.3) is 0 Å². The Kier molecular flexibility index (Phi) is 2.79. The van der Waals surface area contributed by atoms with Crippen LogP contribution in [0.25, 0.3) is 0 Å². The van der Waals surface area contributed by atoms with Crippen molar-refractivity contribution in [3.05, 3.63) is 41.6 Å². The minimum absolute atomic E-state index is 0.274. The summed E-state index contributed by atoms with van der Waals surface area (Å²) < 4.78 is 5.42. The van der Waals surface area contributed by atoms with Gasteiger partial charge in [-0.05, 0) is 23.7 Å². The van der Waals surface area contributed by atoms with E-state index < -0.39 is 5.18 Å². The Morgan fingerprint density at radius 1 is 1.27 bits per heavy atom. The van der Waals surface area contributed by atoms with E-state index in [0.29, 0.717) is 5.75 Å². The van der Waals surface area contributed by atoms with Gasteiger partial charge >= 0.3 is 5.18 Å². The second kappa shape index (κ2) is 4.08. The van der Waals surface area contributed by atoms with Gasteiger partial charge in [-0.2, -0.15) is 0 Å². The lowest BCUT2D eigenvalue weighted by Crippen LogP contribution is -2.28. The molecule has 2 rings (SSSR count). The van der Waals surface area contributed by atoms with Crippen molar-refractivity contribution in [3.8, 4) is 5.75 Å². The van der Waals surface area contributed by atoms with Crippen LogP contribution in [0.1, 0.15) is 0 Å². The number of para-hydroxylation sites is 1. The summed E-state index contributed by atoms with van der Waals surface area (Å²) in [6, 6.07) is 9.08. The molecule has 1 atom stereocenters. The van der Waals surface area contributed by atoms with Gasteiger partial charge in [0.2, 0.25) is 0 Å². The monoisotopic (exact) mass is 243 g/mol. The highest BCUT2D eigenvalue weighted by Crippen LogP contribution is 2.28. The number of benzene rings is 1. The molecule has 0 saturated heterocycles. The van der Waals surface area contributed by atoms with Crippen LogP contribution in [0.2, 0.25) is 0 Å². The summed E-state index contributed by atoms with van der Waals surface area (Å²) in [5.41, 5.74) is 2.44. The van der Waals surface area contributed by atoms with E-state index in [0.717, 1.165) is 0 Å². The van der Waals surface area contributed by atoms with E-state index in [2.05, 4.69) is 15.8 Å². The van der Waals surface area contributed by atoms with E-state index in [1.165, 1.54) is 6.08 Å². The van der Waals surface area contributed by atoms with Crippen molar-refractivity contribution in [1.29, 1.82) is 0 Å². The Labute approximate surface area is 96.5 Å². The lowest BCUT2D eigenvalue weighted by molar-refractivity contribution is 0.200. The standard InChI is InChI=1S/C9H7Cl2N3O/c10-8-6-9(11,13-14-12-8)15-7-4-2-1-3-5-7/h1-6H,(H,12,13). The van der Waals surface area contributed by atoms with E-state index in [-0.39, 0.29) is 5.16 Å². The number of halogens is 2. The van der Waals surface area contributed by atoms with Crippen molar-refractivity contribution in [3.63, 3.8) is 0 Å². The molecule has 0 saturated carbocycles. The summed E-state index contributed by atoms with van der Waals surface area (Å²) in [6.45, 7) is 0. The lowest BCUT2D eigenvalue weighted by atomic mass is 10.3. The number of hydrogen-bond donors (Lipinski definition) is 1. The normalized spacial score (nSPS) is 24.3. The quantitative estimate of drug-likeness (QED) is 0.642. The number of nitrogens with one attached hydrogen (secondary N) is 1. The van der Waals surface area contributed by atoms with Crippen molar-refractivity contribution in [2.45, 2.75) is 5.18 Å². The van der Waals surface area contributed by atoms with Crippen molar-refractivity contribution in [2.24, 2.45) is 10.3 Å². The third-order valence-corrected chi connectivity index (χ3v) is 2.11. The molecule has 0 spiro atoms. The van der Waals surface area contributed by atoms with Gasteiger partial charge in [0, 0.05) is 6.08 Å². The SMILES string of the molecule is ClC1=CC(Cl)(Oc2ccccc2)N=NN1. The molecule has 1 aromatic rings. The first kappa shape index (κ1) is 10.3. The largest absolute Gasteiger partial charge is 0.448 e. The van der Waals surface area contributed by atoms with Crippen LogP contribution in [-0.2, 0) is 0 Å². The minimum Gasteiger partial charge on any atom is -0.448 e. The molecule has 1 aliphatic heterocycles. The van der Waals surface area contributed by atoms with Crippen LogP contribution in [0.15, 0.2) is 51.9 Å². The van der Waals surface area contributed by atoms with Crippen LogP contribution < -0.4 is 10.2 Å². The third-order valence-electron chi connectivity index (χ3n) is 1.65. The zero-order valence-electron chi connectivity index (χ0n) is 7.52. The maximum Gasteiger partial charge on any atom is 0.321 e. The van der Waals surface area contributed by atoms with Gasteiger partial charge in [-0.15, -0.1) is 5.11 Å². The topological polar surface area (TPSA) is 46.0 Å². The molecule has 0 radical (unpaired) electrons. The van der Waals surface area contributed by atoms with E-state index in [1.807, 2.05) is 18.2 Å². The van der Waals surface area contributed by atoms with Gasteiger partial charge in [0.05, 0.1) is 0 Å². The number of nitrogens with zero attached hydrogens (tertiary/aromatic N) is 2. The van der Waals surface area contributed by atoms with Gasteiger partial charge in [-0.1, -0.05) is 35.0 Å². The summed E-state index contributed by atoms with van der Waals surface area (Å²) in [5, 5.41) is 6.13. The Hall–Kier alpha value is -1.26. The number of rotatable bonds is 2. The van der Waals surface area contributed by atoms with Crippen LogP contribution in [0.5, 0.6) is 5.75 Å². The number of hydrogen-bond acceptors (Lipinski definition) is 4. The molecular weight excluding hydrogens is 237 g/mol. The first-order valence-electron chi connectivity index (χ1n) is 4.17. The highest BCUT2D eigenvalue weighted by molar-refractivity contribution is 6.31. The second-order valence-electron chi connectivity index (χ2n) is 2.83. The van der Waals surface area contributed by atoms with Crippen LogP contribution in [0, 0.1) is 0 Å². The fraction of sp³-hybridized carbons (Fsp3) is 0.111. The van der Waals surface area contributed by atoms with Crippen molar-refractivity contribution < 1.29 is 4.74 Å². The van der Waals surface area contributed by atoms with Crippen LogP contribution in [-0.4, -0.2) is 5.18 Å². The Bertz CT molecular complexity index is 407. The first-order valence-corrected chi connectivity index (χ1v) is 4.93. The molecule has 1 aromatic carbocycles. The van der Waals surface area contributed by atoms with Crippen molar-refractivity contribution in [1.82, 2.24) is 5.43 Å². The van der Waals surface area contributed by atoms with Crippen LogP contribution in [0.3, 0.4) is 0 Å². The Balaban J connectivity index is 2.18. The summed E-state index contributed by atoms with van der Waals surface area (Å²) in [6.07, 6.45) is 1.43. The third kappa shape index (κ3) is 2.61. The fourth-order valence-electron chi connectivity index (χ4n) is 1.06. The van der Waals surface area contributed by atoms with Crippen LogP contribution >= 0.6 is 23.2 Å². The lowest BCUT2D eigenvalue weighted by Gasteiger charge is -2.21. The second-order valence-corrected chi connectivity index (χ2v) is 3.78. The summed E-state index contributed by atoms with van der Waals surface area (Å²) in [7, 11) is 0. The van der Waals surface area contributed by atoms with Gasteiger partial charge in [-0.25, -0.2) is 5.43 Å². The summed E-state index contributed by atoms with van der Waals surface area (Å²) in [4.78, 5) is 0. The summed E-state index contributed by atoms with van der Waals surface area (Å²) in [5.74, 6) is 0.592. The first-order chi connectivity index (χ1) is 7.18. The minimum atomic E-state index is -1.37. The van der Waals surface area contributed by atoms with Crippen LogP contribution in [0.4, 0.5) is 0 Å². The molecule has 1 aliphatic rings. The fourth-order valence-corrected chi connectivity index (χ4v) is 1.54. The van der Waals surface area contributed by atoms with Gasteiger partial charge in [0.15, 0.2) is 0 Å². The van der Waals surface area contributed by atoms with E-state index in [1.54, 1.807) is 12.1 Å². The van der Waals surface area contributed by atoms with Gasteiger partial charge in [-0.3, -0.25) is 0 Å². The number of alkyl halides is 1. The molecule has 0 amide bonds. The summed E-state index contributed by atoms with van der Waals surface area (Å²) >= 11 is 11.7. The average molecular weight is 244 g/mol. The molecule has 1 N–H and O–H groups in total. The maximum atomic E-state index is 6.02. The van der Waals surface area contributed by atoms with Gasteiger partial charge in [0.1, 0.15) is 10.9 Å². The molecule has 1 unspecified atom stereocenters. The molecule has 6 heteroatoms. The molecule has 15 heavy (non-hydrogen) atoms. The Morgan fingerprint density at radius 2 is 2.00 bits per heavy atom. The predicted molar refractivity (Wildman–Crippen MR) is 57.6 cm³/mol. The predicted octanol–water partition coefficient (Wildman–Crippen LogP) is 3.01. The Morgan fingerprint density at radius 3 is 2.67 bits per heavy atom. The average Bonchev–Trinajstić information content (AvgIpc) is 2.18. The maximum absolute atomic E-state index is 6.02. The van der Waals surface area contributed by atoms with Crippen molar-refractivity contribution >= 4 is 23.2 Å². The zero-order valence-corrected chi connectivity index (χ0v) is 9.03. The molecule has 0 fully saturated rings. The van der Waals surface area contributed by atoms with E-state index in [9.17, 15) is 0 Å². The molecular formula is C9H7Cl2N3O. The van der Waals surface area contributed by atoms with E-state index in [4.69, 9.17) is 27.9 Å². The molecule has 4 nitrogen and oxygen atoms in total.